The standard InChI is InChI=1S/C26H39N3O4S2/c1-5-27-26(33)24(31)21(16-19-12-10-18(4)11-13-19)28-25(32)23(17(2)3)29-22(30)9-7-6-8-20-14-15-34-35-20/h10-13,17,20-21,23H,5-9,14-16H2,1-4H3,(H,27,33)(H,28,32)(H,29,30)/t20?,21-,23-/m0/s1. The van der Waals surface area contributed by atoms with Gasteiger partial charge in [0.2, 0.25) is 17.6 Å². The second-order valence-electron chi connectivity index (χ2n) is 9.34. The number of unbranched alkanes of at least 4 members (excludes halogenated alkanes) is 1. The van der Waals surface area contributed by atoms with Gasteiger partial charge in [0.1, 0.15) is 12.1 Å². The number of hydrogen-bond acceptors (Lipinski definition) is 6. The van der Waals surface area contributed by atoms with Crippen LogP contribution in [0, 0.1) is 12.8 Å². The summed E-state index contributed by atoms with van der Waals surface area (Å²) in [7, 11) is 3.86. The summed E-state index contributed by atoms with van der Waals surface area (Å²) in [5.41, 5.74) is 1.91. The Kier molecular flexibility index (Phi) is 12.7. The number of benzene rings is 1. The highest BCUT2D eigenvalue weighted by molar-refractivity contribution is 8.77. The number of aryl methyl sites for hydroxylation is 1. The molecule has 0 aromatic heterocycles. The molecule has 0 aliphatic carbocycles. The Labute approximate surface area is 217 Å². The highest BCUT2D eigenvalue weighted by Gasteiger charge is 2.31. The van der Waals surface area contributed by atoms with E-state index in [4.69, 9.17) is 0 Å². The van der Waals surface area contributed by atoms with Crippen LogP contribution in [-0.4, -0.2) is 53.1 Å². The Morgan fingerprint density at radius 3 is 2.37 bits per heavy atom. The fourth-order valence-corrected chi connectivity index (χ4v) is 6.87. The van der Waals surface area contributed by atoms with E-state index in [1.165, 1.54) is 12.2 Å². The third-order valence-corrected chi connectivity index (χ3v) is 8.93. The fraction of sp³-hybridized carbons (Fsp3) is 0.615. The van der Waals surface area contributed by atoms with Gasteiger partial charge in [-0.25, -0.2) is 0 Å². The summed E-state index contributed by atoms with van der Waals surface area (Å²) in [5.74, 6) is -1.02. The van der Waals surface area contributed by atoms with Gasteiger partial charge in [0, 0.05) is 30.4 Å². The molecular weight excluding hydrogens is 482 g/mol. The summed E-state index contributed by atoms with van der Waals surface area (Å²) in [6.45, 7) is 7.71. The van der Waals surface area contributed by atoms with Crippen LogP contribution in [-0.2, 0) is 25.6 Å². The number of carbonyl (C=O) groups excluding carboxylic acids is 4. The van der Waals surface area contributed by atoms with E-state index in [9.17, 15) is 19.2 Å². The van der Waals surface area contributed by atoms with Gasteiger partial charge in [0.15, 0.2) is 0 Å². The summed E-state index contributed by atoms with van der Waals surface area (Å²) >= 11 is 0. The molecule has 1 unspecified atom stereocenters. The minimum absolute atomic E-state index is 0.169. The monoisotopic (exact) mass is 521 g/mol. The zero-order chi connectivity index (χ0) is 25.8. The lowest BCUT2D eigenvalue weighted by Gasteiger charge is -2.25. The molecule has 1 saturated heterocycles. The van der Waals surface area contributed by atoms with Gasteiger partial charge in [-0.05, 0) is 44.6 Å². The largest absolute Gasteiger partial charge is 0.350 e. The molecule has 3 atom stereocenters. The van der Waals surface area contributed by atoms with Crippen LogP contribution in [0.25, 0.3) is 0 Å². The number of Topliss-reactive ketones (excluding diaryl/α,β-unsaturated/α-hetero) is 1. The molecule has 35 heavy (non-hydrogen) atoms. The lowest BCUT2D eigenvalue weighted by Crippen LogP contribution is -2.56. The van der Waals surface area contributed by atoms with E-state index in [0.29, 0.717) is 18.2 Å². The van der Waals surface area contributed by atoms with Crippen LogP contribution in [0.2, 0.25) is 0 Å². The number of hydrogen-bond donors (Lipinski definition) is 3. The Balaban J connectivity index is 1.98. The number of ketones is 1. The molecule has 1 aliphatic rings. The molecule has 1 aliphatic heterocycles. The van der Waals surface area contributed by atoms with Gasteiger partial charge in [0.05, 0.1) is 0 Å². The second-order valence-corrected chi connectivity index (χ2v) is 12.1. The smallest absolute Gasteiger partial charge is 0.289 e. The van der Waals surface area contributed by atoms with Crippen LogP contribution in [0.1, 0.15) is 64.0 Å². The van der Waals surface area contributed by atoms with Crippen molar-refractivity contribution in [3.8, 4) is 0 Å². The molecule has 194 valence electrons. The Hall–Kier alpha value is -2.00. The quantitative estimate of drug-likeness (QED) is 0.196. The van der Waals surface area contributed by atoms with Crippen molar-refractivity contribution in [2.24, 2.45) is 5.92 Å². The normalized spacial score (nSPS) is 17.0. The molecule has 0 spiro atoms. The maximum absolute atomic E-state index is 13.1. The average molecular weight is 522 g/mol. The van der Waals surface area contributed by atoms with Crippen LogP contribution in [0.3, 0.4) is 0 Å². The van der Waals surface area contributed by atoms with Crippen LogP contribution in [0.4, 0.5) is 0 Å². The van der Waals surface area contributed by atoms with Gasteiger partial charge in [0.25, 0.3) is 5.91 Å². The first kappa shape index (κ1) is 29.2. The zero-order valence-corrected chi connectivity index (χ0v) is 22.9. The molecule has 0 radical (unpaired) electrons. The van der Waals surface area contributed by atoms with Crippen molar-refractivity contribution in [3.05, 3.63) is 35.4 Å². The highest BCUT2D eigenvalue weighted by atomic mass is 33.1. The van der Waals surface area contributed by atoms with E-state index in [1.807, 2.05) is 66.6 Å². The van der Waals surface area contributed by atoms with Crippen LogP contribution >= 0.6 is 21.6 Å². The van der Waals surface area contributed by atoms with E-state index in [-0.39, 0.29) is 18.2 Å². The molecule has 1 fully saturated rings. The maximum Gasteiger partial charge on any atom is 0.289 e. The molecule has 1 aromatic carbocycles. The third-order valence-electron chi connectivity index (χ3n) is 5.93. The first-order valence-corrected chi connectivity index (χ1v) is 14.8. The van der Waals surface area contributed by atoms with Crippen molar-refractivity contribution in [3.63, 3.8) is 0 Å². The maximum atomic E-state index is 13.1. The summed E-state index contributed by atoms with van der Waals surface area (Å²) < 4.78 is 0. The molecule has 3 amide bonds. The van der Waals surface area contributed by atoms with Crippen molar-refractivity contribution < 1.29 is 19.2 Å². The minimum Gasteiger partial charge on any atom is -0.350 e. The molecule has 3 N–H and O–H groups in total. The van der Waals surface area contributed by atoms with Crippen molar-refractivity contribution in [2.75, 3.05) is 12.3 Å². The van der Waals surface area contributed by atoms with Crippen molar-refractivity contribution in [1.29, 1.82) is 0 Å². The molecule has 1 heterocycles. The first-order valence-electron chi connectivity index (χ1n) is 12.5. The van der Waals surface area contributed by atoms with Crippen LogP contribution in [0.5, 0.6) is 0 Å². The number of carbonyl (C=O) groups is 4. The Morgan fingerprint density at radius 2 is 1.77 bits per heavy atom. The molecule has 9 heteroatoms. The molecule has 2 rings (SSSR count). The van der Waals surface area contributed by atoms with E-state index in [0.717, 1.165) is 30.4 Å². The molecule has 1 aromatic rings. The van der Waals surface area contributed by atoms with E-state index < -0.39 is 29.7 Å². The first-order chi connectivity index (χ1) is 16.7. The topological polar surface area (TPSA) is 104 Å². The predicted octanol–water partition coefficient (Wildman–Crippen LogP) is 3.58. The van der Waals surface area contributed by atoms with E-state index >= 15 is 0 Å². The zero-order valence-electron chi connectivity index (χ0n) is 21.2. The van der Waals surface area contributed by atoms with Gasteiger partial charge in [-0.3, -0.25) is 19.2 Å². The molecule has 0 bridgehead atoms. The minimum atomic E-state index is -1.02. The summed E-state index contributed by atoms with van der Waals surface area (Å²) in [6, 6.07) is 5.80. The fourth-order valence-electron chi connectivity index (χ4n) is 3.84. The van der Waals surface area contributed by atoms with Gasteiger partial charge in [-0.2, -0.15) is 0 Å². The summed E-state index contributed by atoms with van der Waals surface area (Å²) in [6.07, 6.45) is 4.68. The summed E-state index contributed by atoms with van der Waals surface area (Å²) in [5, 5.41) is 8.78. The highest BCUT2D eigenvalue weighted by Crippen LogP contribution is 2.39. The Morgan fingerprint density at radius 1 is 1.06 bits per heavy atom. The SMILES string of the molecule is CCNC(=O)C(=O)[C@H](Cc1ccc(C)cc1)NC(=O)[C@@H](NC(=O)CCCCC1CCSS1)C(C)C. The van der Waals surface area contributed by atoms with E-state index in [2.05, 4.69) is 16.0 Å². The Bertz CT molecular complexity index is 855. The molecule has 0 saturated carbocycles. The van der Waals surface area contributed by atoms with Crippen molar-refractivity contribution in [1.82, 2.24) is 16.0 Å². The number of nitrogens with one attached hydrogen (secondary N) is 3. The van der Waals surface area contributed by atoms with Crippen molar-refractivity contribution in [2.45, 2.75) is 83.6 Å². The van der Waals surface area contributed by atoms with E-state index in [1.54, 1.807) is 6.92 Å². The summed E-state index contributed by atoms with van der Waals surface area (Å²) in [4.78, 5) is 50.8. The molecule has 7 nitrogen and oxygen atoms in total. The lowest BCUT2D eigenvalue weighted by molar-refractivity contribution is -0.140. The third kappa shape index (κ3) is 10.3. The van der Waals surface area contributed by atoms with Gasteiger partial charge >= 0.3 is 0 Å². The van der Waals surface area contributed by atoms with Gasteiger partial charge < -0.3 is 16.0 Å². The van der Waals surface area contributed by atoms with Crippen LogP contribution < -0.4 is 16.0 Å². The van der Waals surface area contributed by atoms with Crippen molar-refractivity contribution >= 4 is 45.1 Å². The average Bonchev–Trinajstić information content (AvgIpc) is 3.34. The van der Waals surface area contributed by atoms with Gasteiger partial charge in [-0.15, -0.1) is 0 Å². The van der Waals surface area contributed by atoms with Crippen LogP contribution in [0.15, 0.2) is 24.3 Å². The molecular formula is C26H39N3O4S2. The number of amides is 3. The number of rotatable bonds is 14. The van der Waals surface area contributed by atoms with Gasteiger partial charge in [-0.1, -0.05) is 71.7 Å². The number of likely N-dealkylation sites (N-methyl/N-ethyl adjacent to an activating group) is 1. The lowest BCUT2D eigenvalue weighted by atomic mass is 9.98. The second kappa shape index (κ2) is 15.2. The predicted molar refractivity (Wildman–Crippen MR) is 144 cm³/mol.